The lowest BCUT2D eigenvalue weighted by Crippen LogP contribution is -2.37. The summed E-state index contributed by atoms with van der Waals surface area (Å²) in [5, 5.41) is 3.56. The van der Waals surface area contributed by atoms with Crippen molar-refractivity contribution in [3.63, 3.8) is 0 Å². The fourth-order valence-corrected chi connectivity index (χ4v) is 3.01. The maximum Gasteiger partial charge on any atom is 0.0710 e. The zero-order valence-electron chi connectivity index (χ0n) is 12.9. The SMILES string of the molecule is C#CC(NCC1CCC(C(C)(C)C)CC1)C(C)C. The molecule has 1 unspecified atom stereocenters. The maximum atomic E-state index is 5.56. The molecule has 0 heterocycles. The van der Waals surface area contributed by atoms with E-state index in [1.165, 1.54) is 25.7 Å². The summed E-state index contributed by atoms with van der Waals surface area (Å²) in [5.74, 6) is 5.13. The Labute approximate surface area is 114 Å². The largest absolute Gasteiger partial charge is 0.303 e. The van der Waals surface area contributed by atoms with Gasteiger partial charge in [-0.2, -0.15) is 0 Å². The first-order valence-electron chi connectivity index (χ1n) is 7.54. The molecule has 0 saturated heterocycles. The fourth-order valence-electron chi connectivity index (χ4n) is 3.01. The number of terminal acetylenes is 1. The van der Waals surface area contributed by atoms with Crippen molar-refractivity contribution in [2.45, 2.75) is 66.3 Å². The molecule has 104 valence electrons. The molecule has 1 nitrogen and oxygen atoms in total. The van der Waals surface area contributed by atoms with Gasteiger partial charge in [0.25, 0.3) is 0 Å². The predicted molar refractivity (Wildman–Crippen MR) is 80.4 cm³/mol. The molecule has 1 saturated carbocycles. The molecule has 1 aliphatic rings. The Kier molecular flexibility index (Phi) is 5.73. The molecule has 0 spiro atoms. The van der Waals surface area contributed by atoms with E-state index in [0.29, 0.717) is 11.3 Å². The first-order chi connectivity index (χ1) is 8.34. The van der Waals surface area contributed by atoms with Crippen LogP contribution in [0.25, 0.3) is 0 Å². The number of hydrogen-bond donors (Lipinski definition) is 1. The Morgan fingerprint density at radius 1 is 1.17 bits per heavy atom. The maximum absolute atomic E-state index is 5.56. The molecule has 1 N–H and O–H groups in total. The van der Waals surface area contributed by atoms with Crippen molar-refractivity contribution in [3.8, 4) is 12.3 Å². The minimum Gasteiger partial charge on any atom is -0.303 e. The minimum absolute atomic E-state index is 0.241. The van der Waals surface area contributed by atoms with Crippen molar-refractivity contribution in [2.75, 3.05) is 6.54 Å². The molecule has 0 aliphatic heterocycles. The van der Waals surface area contributed by atoms with Gasteiger partial charge in [0.05, 0.1) is 6.04 Å². The first kappa shape index (κ1) is 15.6. The third kappa shape index (κ3) is 4.65. The first-order valence-corrected chi connectivity index (χ1v) is 7.54. The van der Waals surface area contributed by atoms with E-state index in [0.717, 1.165) is 18.4 Å². The zero-order valence-corrected chi connectivity index (χ0v) is 12.9. The van der Waals surface area contributed by atoms with Crippen molar-refractivity contribution in [1.82, 2.24) is 5.32 Å². The molecule has 18 heavy (non-hydrogen) atoms. The van der Waals surface area contributed by atoms with Crippen LogP contribution in [0.3, 0.4) is 0 Å². The molecular formula is C17H31N. The van der Waals surface area contributed by atoms with E-state index in [4.69, 9.17) is 6.42 Å². The van der Waals surface area contributed by atoms with Gasteiger partial charge < -0.3 is 5.32 Å². The van der Waals surface area contributed by atoms with Crippen LogP contribution in [-0.4, -0.2) is 12.6 Å². The Balaban J connectivity index is 2.30. The Hall–Kier alpha value is -0.480. The van der Waals surface area contributed by atoms with Crippen LogP contribution in [0.2, 0.25) is 0 Å². The van der Waals surface area contributed by atoms with Gasteiger partial charge in [-0.25, -0.2) is 0 Å². The summed E-state index contributed by atoms with van der Waals surface area (Å²) in [4.78, 5) is 0. The van der Waals surface area contributed by atoms with Crippen LogP contribution < -0.4 is 5.32 Å². The molecule has 1 rings (SSSR count). The van der Waals surface area contributed by atoms with Gasteiger partial charge in [-0.3, -0.25) is 0 Å². The van der Waals surface area contributed by atoms with Gasteiger partial charge in [0.15, 0.2) is 0 Å². The van der Waals surface area contributed by atoms with Crippen molar-refractivity contribution in [2.24, 2.45) is 23.2 Å². The molecule has 1 atom stereocenters. The summed E-state index contributed by atoms with van der Waals surface area (Å²) < 4.78 is 0. The van der Waals surface area contributed by atoms with Crippen LogP contribution in [0.15, 0.2) is 0 Å². The molecule has 1 aliphatic carbocycles. The number of nitrogens with one attached hydrogen (secondary N) is 1. The molecule has 0 aromatic rings. The second-order valence-corrected chi connectivity index (χ2v) is 7.38. The summed E-state index contributed by atoms with van der Waals surface area (Å²) in [5.41, 5.74) is 0.484. The fraction of sp³-hybridized carbons (Fsp3) is 0.882. The lowest BCUT2D eigenvalue weighted by atomic mass is 9.70. The normalized spacial score (nSPS) is 26.9. The zero-order chi connectivity index (χ0) is 13.8. The van der Waals surface area contributed by atoms with Crippen LogP contribution in [-0.2, 0) is 0 Å². The summed E-state index contributed by atoms with van der Waals surface area (Å²) in [6.45, 7) is 12.6. The van der Waals surface area contributed by atoms with Crippen molar-refractivity contribution >= 4 is 0 Å². The standard InChI is InChI=1S/C17H31N/c1-7-16(13(2)3)18-12-14-8-10-15(11-9-14)17(4,5)6/h1,13-16,18H,8-12H2,2-6H3. The number of rotatable bonds is 4. The van der Waals surface area contributed by atoms with E-state index in [2.05, 4.69) is 45.9 Å². The Morgan fingerprint density at radius 2 is 1.72 bits per heavy atom. The molecule has 0 radical (unpaired) electrons. The van der Waals surface area contributed by atoms with Gasteiger partial charge in [0.2, 0.25) is 0 Å². The van der Waals surface area contributed by atoms with Crippen LogP contribution >= 0.6 is 0 Å². The van der Waals surface area contributed by atoms with E-state index in [-0.39, 0.29) is 6.04 Å². The summed E-state index contributed by atoms with van der Waals surface area (Å²) in [6, 6.07) is 0.241. The minimum atomic E-state index is 0.241. The Bertz CT molecular complexity index is 271. The van der Waals surface area contributed by atoms with E-state index >= 15 is 0 Å². The topological polar surface area (TPSA) is 12.0 Å². The average Bonchev–Trinajstić information content (AvgIpc) is 2.29. The van der Waals surface area contributed by atoms with Gasteiger partial charge >= 0.3 is 0 Å². The second-order valence-electron chi connectivity index (χ2n) is 7.38. The molecule has 0 bridgehead atoms. The highest BCUT2D eigenvalue weighted by molar-refractivity contribution is 5.00. The third-order valence-corrected chi connectivity index (χ3v) is 4.54. The van der Waals surface area contributed by atoms with Gasteiger partial charge in [0.1, 0.15) is 0 Å². The predicted octanol–water partition coefficient (Wildman–Crippen LogP) is 4.09. The molecule has 0 aromatic heterocycles. The second kappa shape index (κ2) is 6.62. The van der Waals surface area contributed by atoms with Gasteiger partial charge in [-0.15, -0.1) is 6.42 Å². The lowest BCUT2D eigenvalue weighted by molar-refractivity contribution is 0.147. The van der Waals surface area contributed by atoms with Crippen molar-refractivity contribution < 1.29 is 0 Å². The number of hydrogen-bond acceptors (Lipinski definition) is 1. The molecule has 0 aromatic carbocycles. The van der Waals surface area contributed by atoms with Crippen LogP contribution in [0.5, 0.6) is 0 Å². The smallest absolute Gasteiger partial charge is 0.0710 e. The molecule has 0 amide bonds. The monoisotopic (exact) mass is 249 g/mol. The van der Waals surface area contributed by atoms with E-state index in [9.17, 15) is 0 Å². The van der Waals surface area contributed by atoms with Gasteiger partial charge in [-0.1, -0.05) is 40.5 Å². The quantitative estimate of drug-likeness (QED) is 0.740. The third-order valence-electron chi connectivity index (χ3n) is 4.54. The Morgan fingerprint density at radius 3 is 2.11 bits per heavy atom. The summed E-state index contributed by atoms with van der Waals surface area (Å²) in [6.07, 6.45) is 11.1. The van der Waals surface area contributed by atoms with Gasteiger partial charge in [0, 0.05) is 0 Å². The van der Waals surface area contributed by atoms with E-state index < -0.39 is 0 Å². The molecule has 1 heteroatoms. The van der Waals surface area contributed by atoms with Crippen LogP contribution in [0.4, 0.5) is 0 Å². The highest BCUT2D eigenvalue weighted by atomic mass is 14.9. The lowest BCUT2D eigenvalue weighted by Gasteiger charge is -2.37. The summed E-state index contributed by atoms with van der Waals surface area (Å²) >= 11 is 0. The highest BCUT2D eigenvalue weighted by Gasteiger charge is 2.29. The van der Waals surface area contributed by atoms with Crippen molar-refractivity contribution in [3.05, 3.63) is 0 Å². The van der Waals surface area contributed by atoms with Crippen LogP contribution in [0.1, 0.15) is 60.3 Å². The van der Waals surface area contributed by atoms with Gasteiger partial charge in [-0.05, 0) is 55.4 Å². The summed E-state index contributed by atoms with van der Waals surface area (Å²) in [7, 11) is 0. The van der Waals surface area contributed by atoms with Crippen molar-refractivity contribution in [1.29, 1.82) is 0 Å². The van der Waals surface area contributed by atoms with Crippen LogP contribution in [0, 0.1) is 35.5 Å². The molecule has 1 fully saturated rings. The average molecular weight is 249 g/mol. The highest BCUT2D eigenvalue weighted by Crippen LogP contribution is 2.39. The van der Waals surface area contributed by atoms with E-state index in [1.807, 2.05) is 0 Å². The molecular weight excluding hydrogens is 218 g/mol. The van der Waals surface area contributed by atoms with E-state index in [1.54, 1.807) is 0 Å².